The monoisotopic (exact) mass is 511 g/mol. The van der Waals surface area contributed by atoms with Crippen molar-refractivity contribution in [1.82, 2.24) is 19.5 Å². The fourth-order valence-electron chi connectivity index (χ4n) is 3.94. The van der Waals surface area contributed by atoms with E-state index in [1.165, 1.54) is 30.6 Å². The first-order chi connectivity index (χ1) is 17.1. The summed E-state index contributed by atoms with van der Waals surface area (Å²) in [5, 5.41) is 23.4. The van der Waals surface area contributed by atoms with E-state index in [2.05, 4.69) is 25.0 Å². The lowest BCUT2D eigenvalue weighted by molar-refractivity contribution is -0.274. The van der Waals surface area contributed by atoms with Crippen LogP contribution in [0.15, 0.2) is 30.6 Å². The van der Waals surface area contributed by atoms with Gasteiger partial charge in [-0.15, -0.1) is 13.2 Å². The highest BCUT2D eigenvalue weighted by atomic mass is 19.4. The molecule has 5 atom stereocenters. The minimum absolute atomic E-state index is 0.00553. The number of aromatic nitrogens is 4. The number of aliphatic hydroxyl groups excluding tert-OH is 2. The second-order valence-corrected chi connectivity index (χ2v) is 8.78. The standard InChI is InChI=1S/C23H28F3N5O5/c1-12(8-9-32)29-22-30-17-19(31(22)21-18(33)13(2)14(3)35-21)27-11-28-20(17)34-10-15-4-6-16(7-5-15)36-23(24,25)26/h4-7,11-14,18,21,32-33H,8-10H2,1-3H3,(H,29,30)/t12?,13-,14-,18-,21-/m1/s1. The second kappa shape index (κ2) is 10.4. The Hall–Kier alpha value is -3.16. The Morgan fingerprint density at radius 2 is 1.92 bits per heavy atom. The minimum Gasteiger partial charge on any atom is -0.471 e. The average molecular weight is 512 g/mol. The van der Waals surface area contributed by atoms with Crippen LogP contribution in [0.5, 0.6) is 11.6 Å². The van der Waals surface area contributed by atoms with Crippen LogP contribution in [0.4, 0.5) is 19.1 Å². The zero-order chi connectivity index (χ0) is 26.0. The highest BCUT2D eigenvalue weighted by Crippen LogP contribution is 2.38. The maximum absolute atomic E-state index is 12.4. The average Bonchev–Trinajstić information content (AvgIpc) is 3.29. The number of hydrogen-bond donors (Lipinski definition) is 3. The Kier molecular flexibility index (Phi) is 7.52. The zero-order valence-electron chi connectivity index (χ0n) is 19.9. The maximum Gasteiger partial charge on any atom is 0.573 e. The quantitative estimate of drug-likeness (QED) is 0.397. The van der Waals surface area contributed by atoms with E-state index >= 15 is 0 Å². The fraction of sp³-hybridized carbons (Fsp3) is 0.522. The molecule has 0 bridgehead atoms. The number of benzene rings is 1. The van der Waals surface area contributed by atoms with Gasteiger partial charge in [-0.1, -0.05) is 19.1 Å². The first-order valence-electron chi connectivity index (χ1n) is 11.5. The molecule has 1 fully saturated rings. The molecule has 3 N–H and O–H groups in total. The highest BCUT2D eigenvalue weighted by Gasteiger charge is 2.42. The summed E-state index contributed by atoms with van der Waals surface area (Å²) in [5.74, 6) is 0.0637. The van der Waals surface area contributed by atoms with Crippen molar-refractivity contribution in [3.63, 3.8) is 0 Å². The van der Waals surface area contributed by atoms with Crippen LogP contribution in [0.3, 0.4) is 0 Å². The van der Waals surface area contributed by atoms with E-state index in [0.717, 1.165) is 0 Å². The summed E-state index contributed by atoms with van der Waals surface area (Å²) in [7, 11) is 0. The fourth-order valence-corrected chi connectivity index (χ4v) is 3.94. The third-order valence-electron chi connectivity index (χ3n) is 6.09. The summed E-state index contributed by atoms with van der Waals surface area (Å²) in [6.07, 6.45) is -4.78. The van der Waals surface area contributed by atoms with Gasteiger partial charge in [0.25, 0.3) is 0 Å². The maximum atomic E-state index is 12.4. The van der Waals surface area contributed by atoms with Gasteiger partial charge in [0.1, 0.15) is 24.8 Å². The van der Waals surface area contributed by atoms with Crippen LogP contribution < -0.4 is 14.8 Å². The number of nitrogens with zero attached hydrogens (tertiary/aromatic N) is 4. The van der Waals surface area contributed by atoms with Gasteiger partial charge in [-0.05, 0) is 38.0 Å². The number of halogens is 3. The van der Waals surface area contributed by atoms with Crippen molar-refractivity contribution in [3.8, 4) is 11.6 Å². The Balaban J connectivity index is 1.62. The van der Waals surface area contributed by atoms with E-state index in [0.29, 0.717) is 29.1 Å². The number of hydrogen-bond acceptors (Lipinski definition) is 9. The van der Waals surface area contributed by atoms with Gasteiger partial charge in [0.2, 0.25) is 11.8 Å². The summed E-state index contributed by atoms with van der Waals surface area (Å²) < 4.78 is 54.6. The molecule has 1 aliphatic rings. The first-order valence-corrected chi connectivity index (χ1v) is 11.5. The highest BCUT2D eigenvalue weighted by molar-refractivity contribution is 5.79. The van der Waals surface area contributed by atoms with Gasteiger partial charge < -0.3 is 29.7 Å². The summed E-state index contributed by atoms with van der Waals surface area (Å²) in [6, 6.07) is 5.15. The summed E-state index contributed by atoms with van der Waals surface area (Å²) in [4.78, 5) is 13.1. The number of nitrogens with one attached hydrogen (secondary N) is 1. The van der Waals surface area contributed by atoms with E-state index in [4.69, 9.17) is 9.47 Å². The van der Waals surface area contributed by atoms with Crippen molar-refractivity contribution in [2.45, 2.75) is 64.6 Å². The predicted molar refractivity (Wildman–Crippen MR) is 122 cm³/mol. The van der Waals surface area contributed by atoms with E-state index in [1.54, 1.807) is 4.57 Å². The third-order valence-corrected chi connectivity index (χ3v) is 6.09. The Morgan fingerprint density at radius 1 is 1.19 bits per heavy atom. The molecule has 0 radical (unpaired) electrons. The van der Waals surface area contributed by atoms with E-state index in [1.807, 2.05) is 20.8 Å². The molecule has 1 unspecified atom stereocenters. The molecule has 196 valence electrons. The van der Waals surface area contributed by atoms with Crippen molar-refractivity contribution in [3.05, 3.63) is 36.2 Å². The molecule has 36 heavy (non-hydrogen) atoms. The van der Waals surface area contributed by atoms with Crippen molar-refractivity contribution in [2.75, 3.05) is 11.9 Å². The van der Waals surface area contributed by atoms with Gasteiger partial charge in [-0.3, -0.25) is 4.57 Å². The summed E-state index contributed by atoms with van der Waals surface area (Å²) in [5.41, 5.74) is 1.28. The van der Waals surface area contributed by atoms with Crippen LogP contribution in [0.1, 0.15) is 39.0 Å². The van der Waals surface area contributed by atoms with Gasteiger partial charge in [0.15, 0.2) is 17.4 Å². The van der Waals surface area contributed by atoms with Crippen LogP contribution in [0, 0.1) is 5.92 Å². The normalized spacial score (nSPS) is 23.1. The lowest BCUT2D eigenvalue weighted by Crippen LogP contribution is -2.27. The van der Waals surface area contributed by atoms with Crippen molar-refractivity contribution < 1.29 is 37.6 Å². The van der Waals surface area contributed by atoms with E-state index in [9.17, 15) is 23.4 Å². The topological polar surface area (TPSA) is 124 Å². The minimum atomic E-state index is -4.77. The molecule has 0 aliphatic carbocycles. The lowest BCUT2D eigenvalue weighted by atomic mass is 10.0. The van der Waals surface area contributed by atoms with Crippen LogP contribution in [0.25, 0.3) is 11.2 Å². The number of anilines is 1. The molecule has 13 heteroatoms. The van der Waals surface area contributed by atoms with E-state index in [-0.39, 0.29) is 42.9 Å². The Bertz CT molecular complexity index is 1170. The van der Waals surface area contributed by atoms with Crippen molar-refractivity contribution >= 4 is 17.1 Å². The number of fused-ring (bicyclic) bond motifs is 1. The van der Waals surface area contributed by atoms with Crippen molar-refractivity contribution in [1.29, 1.82) is 0 Å². The molecule has 4 rings (SSSR count). The SMILES string of the molecule is CC(CCO)Nc1nc2c(OCc3ccc(OC(F)(F)F)cc3)ncnc2n1[C@@H]1O[C@H](C)[C@@H](C)[C@H]1O. The molecule has 1 saturated heterocycles. The number of imidazole rings is 1. The molecule has 2 aromatic heterocycles. The van der Waals surface area contributed by atoms with Crippen LogP contribution in [-0.2, 0) is 11.3 Å². The number of ether oxygens (including phenoxy) is 3. The first kappa shape index (κ1) is 25.9. The van der Waals surface area contributed by atoms with Gasteiger partial charge in [0, 0.05) is 18.6 Å². The van der Waals surface area contributed by atoms with Crippen molar-refractivity contribution in [2.24, 2.45) is 5.92 Å². The smallest absolute Gasteiger partial charge is 0.471 e. The summed E-state index contributed by atoms with van der Waals surface area (Å²) >= 11 is 0. The van der Waals surface area contributed by atoms with Gasteiger partial charge in [-0.2, -0.15) is 4.98 Å². The third kappa shape index (κ3) is 5.63. The molecule has 0 saturated carbocycles. The van der Waals surface area contributed by atoms with Gasteiger partial charge in [-0.25, -0.2) is 9.97 Å². The molecule has 3 aromatic rings. The second-order valence-electron chi connectivity index (χ2n) is 8.78. The summed E-state index contributed by atoms with van der Waals surface area (Å²) in [6.45, 7) is 5.64. The zero-order valence-corrected chi connectivity index (χ0v) is 19.9. The van der Waals surface area contributed by atoms with Crippen LogP contribution in [-0.4, -0.2) is 61.0 Å². The number of aliphatic hydroxyl groups is 2. The van der Waals surface area contributed by atoms with Gasteiger partial charge >= 0.3 is 6.36 Å². The molecular formula is C23H28F3N5O5. The molecule has 1 aromatic carbocycles. The molecular weight excluding hydrogens is 483 g/mol. The molecule has 3 heterocycles. The number of rotatable bonds is 9. The van der Waals surface area contributed by atoms with Crippen LogP contribution >= 0.6 is 0 Å². The predicted octanol–water partition coefficient (Wildman–Crippen LogP) is 3.40. The number of alkyl halides is 3. The lowest BCUT2D eigenvalue weighted by Gasteiger charge is -2.21. The molecule has 10 nitrogen and oxygen atoms in total. The van der Waals surface area contributed by atoms with Crippen LogP contribution in [0.2, 0.25) is 0 Å². The molecule has 0 spiro atoms. The molecule has 0 amide bonds. The molecule has 1 aliphatic heterocycles. The van der Waals surface area contributed by atoms with E-state index < -0.39 is 18.7 Å². The largest absolute Gasteiger partial charge is 0.573 e. The Labute approximate surface area is 205 Å². The van der Waals surface area contributed by atoms with Gasteiger partial charge in [0.05, 0.1) is 6.10 Å². The Morgan fingerprint density at radius 3 is 2.53 bits per heavy atom.